The van der Waals surface area contributed by atoms with Gasteiger partial charge in [0.05, 0.1) is 6.20 Å². The summed E-state index contributed by atoms with van der Waals surface area (Å²) in [4.78, 5) is 0. The highest BCUT2D eigenvalue weighted by molar-refractivity contribution is 5.02. The van der Waals surface area contributed by atoms with Gasteiger partial charge in [0.1, 0.15) is 0 Å². The molecule has 1 rings (SSSR count). The zero-order chi connectivity index (χ0) is 10.2. The molecule has 3 heteroatoms. The van der Waals surface area contributed by atoms with E-state index in [2.05, 4.69) is 30.5 Å². The lowest BCUT2D eigenvalue weighted by molar-refractivity contribution is 0.615. The maximum atomic E-state index is 4.23. The Hall–Kier alpha value is -0.830. The van der Waals surface area contributed by atoms with Gasteiger partial charge in [0.2, 0.25) is 0 Å². The predicted octanol–water partition coefficient (Wildman–Crippen LogP) is 2.18. The molecular formula is C11H21N3. The van der Waals surface area contributed by atoms with Gasteiger partial charge in [0.15, 0.2) is 0 Å². The lowest BCUT2D eigenvalue weighted by atomic mass is 10.2. The van der Waals surface area contributed by atoms with Gasteiger partial charge in [-0.2, -0.15) is 5.10 Å². The molecule has 0 bridgehead atoms. The van der Waals surface area contributed by atoms with Crippen LogP contribution in [-0.4, -0.2) is 16.3 Å². The van der Waals surface area contributed by atoms with Crippen molar-refractivity contribution in [1.82, 2.24) is 15.1 Å². The second-order valence-electron chi connectivity index (χ2n) is 3.59. The van der Waals surface area contributed by atoms with Crippen LogP contribution >= 0.6 is 0 Å². The lowest BCUT2D eigenvalue weighted by Gasteiger charge is -2.01. The summed E-state index contributed by atoms with van der Waals surface area (Å²) in [5, 5.41) is 7.65. The highest BCUT2D eigenvalue weighted by Crippen LogP contribution is 1.97. The maximum absolute atomic E-state index is 4.23. The third-order valence-electron chi connectivity index (χ3n) is 2.30. The summed E-state index contributed by atoms with van der Waals surface area (Å²) < 4.78 is 1.96. The van der Waals surface area contributed by atoms with E-state index in [4.69, 9.17) is 0 Å². The van der Waals surface area contributed by atoms with Crippen molar-refractivity contribution >= 4 is 0 Å². The Labute approximate surface area is 86.5 Å². The summed E-state index contributed by atoms with van der Waals surface area (Å²) in [5.74, 6) is 0. The minimum Gasteiger partial charge on any atom is -0.313 e. The molecule has 0 aliphatic carbocycles. The number of hydrogen-bond acceptors (Lipinski definition) is 2. The summed E-state index contributed by atoms with van der Waals surface area (Å²) in [7, 11) is 0. The summed E-state index contributed by atoms with van der Waals surface area (Å²) in [5.41, 5.74) is 1.28. The molecule has 0 unspecified atom stereocenters. The Kier molecular flexibility index (Phi) is 5.30. The maximum Gasteiger partial charge on any atom is 0.0534 e. The van der Waals surface area contributed by atoms with Gasteiger partial charge >= 0.3 is 0 Å². The molecule has 0 aliphatic heterocycles. The molecule has 0 fully saturated rings. The van der Waals surface area contributed by atoms with E-state index in [9.17, 15) is 0 Å². The van der Waals surface area contributed by atoms with E-state index in [0.29, 0.717) is 0 Å². The second-order valence-corrected chi connectivity index (χ2v) is 3.59. The van der Waals surface area contributed by atoms with Crippen molar-refractivity contribution in [3.63, 3.8) is 0 Å². The zero-order valence-corrected chi connectivity index (χ0v) is 9.29. The molecule has 0 atom stereocenters. The van der Waals surface area contributed by atoms with E-state index in [1.165, 1.54) is 24.8 Å². The average Bonchev–Trinajstić information content (AvgIpc) is 2.65. The van der Waals surface area contributed by atoms with Gasteiger partial charge in [0, 0.05) is 24.8 Å². The number of nitrogens with one attached hydrogen (secondary N) is 1. The molecule has 1 aromatic heterocycles. The monoisotopic (exact) mass is 195 g/mol. The van der Waals surface area contributed by atoms with E-state index in [1.807, 2.05) is 10.9 Å². The van der Waals surface area contributed by atoms with Crippen molar-refractivity contribution in [2.75, 3.05) is 6.54 Å². The van der Waals surface area contributed by atoms with Crippen LogP contribution in [0.1, 0.15) is 38.7 Å². The van der Waals surface area contributed by atoms with Crippen molar-refractivity contribution < 1.29 is 0 Å². The van der Waals surface area contributed by atoms with Crippen LogP contribution in [0.2, 0.25) is 0 Å². The smallest absolute Gasteiger partial charge is 0.0534 e. The van der Waals surface area contributed by atoms with Gasteiger partial charge in [-0.1, -0.05) is 19.8 Å². The summed E-state index contributed by atoms with van der Waals surface area (Å²) >= 11 is 0. The van der Waals surface area contributed by atoms with Gasteiger partial charge in [-0.25, -0.2) is 0 Å². The molecular weight excluding hydrogens is 174 g/mol. The number of rotatable bonds is 7. The van der Waals surface area contributed by atoms with E-state index >= 15 is 0 Å². The van der Waals surface area contributed by atoms with E-state index < -0.39 is 0 Å². The molecule has 0 saturated carbocycles. The van der Waals surface area contributed by atoms with Gasteiger partial charge in [0.25, 0.3) is 0 Å². The Morgan fingerprint density at radius 3 is 2.86 bits per heavy atom. The fourth-order valence-corrected chi connectivity index (χ4v) is 1.40. The minimum atomic E-state index is 0.948. The molecule has 0 aromatic carbocycles. The second kappa shape index (κ2) is 6.60. The normalized spacial score (nSPS) is 10.7. The van der Waals surface area contributed by atoms with Crippen molar-refractivity contribution in [2.24, 2.45) is 0 Å². The van der Waals surface area contributed by atoms with Crippen molar-refractivity contribution in [2.45, 2.75) is 46.2 Å². The van der Waals surface area contributed by atoms with Crippen molar-refractivity contribution in [3.8, 4) is 0 Å². The van der Waals surface area contributed by atoms with Crippen LogP contribution < -0.4 is 5.32 Å². The third-order valence-corrected chi connectivity index (χ3v) is 2.30. The molecule has 1 N–H and O–H groups in total. The molecule has 0 aliphatic rings. The molecule has 3 nitrogen and oxygen atoms in total. The fraction of sp³-hybridized carbons (Fsp3) is 0.727. The van der Waals surface area contributed by atoms with Gasteiger partial charge < -0.3 is 5.32 Å². The minimum absolute atomic E-state index is 0.948. The Morgan fingerprint density at radius 1 is 1.36 bits per heavy atom. The standard InChI is InChI=1S/C11H21N3/c1-3-5-6-7-12-8-11-9-13-14(4-2)10-11/h9-10,12H,3-8H2,1-2H3. The van der Waals surface area contributed by atoms with Crippen LogP contribution in [0.15, 0.2) is 12.4 Å². The van der Waals surface area contributed by atoms with Crippen LogP contribution in [-0.2, 0) is 13.1 Å². The van der Waals surface area contributed by atoms with Crippen molar-refractivity contribution in [1.29, 1.82) is 0 Å². The quantitative estimate of drug-likeness (QED) is 0.676. The number of hydrogen-bond donors (Lipinski definition) is 1. The number of unbranched alkanes of at least 4 members (excludes halogenated alkanes) is 2. The number of nitrogens with zero attached hydrogens (tertiary/aromatic N) is 2. The first-order valence-corrected chi connectivity index (χ1v) is 5.58. The summed E-state index contributed by atoms with van der Waals surface area (Å²) in [6.45, 7) is 7.35. The van der Waals surface area contributed by atoms with Gasteiger partial charge in [-0.3, -0.25) is 4.68 Å². The highest BCUT2D eigenvalue weighted by Gasteiger charge is 1.95. The van der Waals surface area contributed by atoms with Crippen LogP contribution in [0.4, 0.5) is 0 Å². The van der Waals surface area contributed by atoms with Crippen LogP contribution in [0, 0.1) is 0 Å². The Morgan fingerprint density at radius 2 is 2.21 bits per heavy atom. The molecule has 0 saturated heterocycles. The predicted molar refractivity (Wildman–Crippen MR) is 59.1 cm³/mol. The first kappa shape index (κ1) is 11.2. The van der Waals surface area contributed by atoms with Gasteiger partial charge in [-0.15, -0.1) is 0 Å². The number of aromatic nitrogens is 2. The average molecular weight is 195 g/mol. The van der Waals surface area contributed by atoms with E-state index in [1.54, 1.807) is 0 Å². The van der Waals surface area contributed by atoms with Crippen LogP contribution in [0.5, 0.6) is 0 Å². The van der Waals surface area contributed by atoms with Gasteiger partial charge in [-0.05, 0) is 19.9 Å². The first-order chi connectivity index (χ1) is 6.86. The van der Waals surface area contributed by atoms with E-state index in [-0.39, 0.29) is 0 Å². The SMILES string of the molecule is CCCCCNCc1cnn(CC)c1. The lowest BCUT2D eigenvalue weighted by Crippen LogP contribution is -2.14. The van der Waals surface area contributed by atoms with E-state index in [0.717, 1.165) is 19.6 Å². The fourth-order valence-electron chi connectivity index (χ4n) is 1.40. The topological polar surface area (TPSA) is 29.9 Å². The molecule has 80 valence electrons. The van der Waals surface area contributed by atoms with Crippen LogP contribution in [0.25, 0.3) is 0 Å². The highest BCUT2D eigenvalue weighted by atomic mass is 15.3. The summed E-state index contributed by atoms with van der Waals surface area (Å²) in [6, 6.07) is 0. The largest absolute Gasteiger partial charge is 0.313 e. The Balaban J connectivity index is 2.12. The molecule has 0 radical (unpaired) electrons. The van der Waals surface area contributed by atoms with Crippen molar-refractivity contribution in [3.05, 3.63) is 18.0 Å². The molecule has 0 spiro atoms. The molecule has 1 heterocycles. The Bertz CT molecular complexity index is 242. The molecule has 14 heavy (non-hydrogen) atoms. The molecule has 1 aromatic rings. The third kappa shape index (κ3) is 3.92. The first-order valence-electron chi connectivity index (χ1n) is 5.58. The number of aryl methyl sites for hydroxylation is 1. The summed E-state index contributed by atoms with van der Waals surface area (Å²) in [6.07, 6.45) is 7.93. The zero-order valence-electron chi connectivity index (χ0n) is 9.29. The molecule has 0 amide bonds. The van der Waals surface area contributed by atoms with Crippen LogP contribution in [0.3, 0.4) is 0 Å².